The topological polar surface area (TPSA) is 66.4 Å². The Kier molecular flexibility index (Phi) is 7.62. The van der Waals surface area contributed by atoms with Crippen LogP contribution in [0.4, 0.5) is 5.69 Å². The van der Waals surface area contributed by atoms with E-state index in [1.807, 2.05) is 48.5 Å². The van der Waals surface area contributed by atoms with Crippen LogP contribution in [0, 0.1) is 17.8 Å². The lowest BCUT2D eigenvalue weighted by Gasteiger charge is -2.41. The average Bonchev–Trinajstić information content (AvgIpc) is 2.85. The molecule has 0 spiro atoms. The molecule has 0 bridgehead atoms. The highest BCUT2D eigenvalue weighted by atomic mass is 16.4. The van der Waals surface area contributed by atoms with E-state index in [0.29, 0.717) is 23.0 Å². The Hall–Kier alpha value is -2.62. The van der Waals surface area contributed by atoms with Crippen LogP contribution < -0.4 is 5.32 Å². The van der Waals surface area contributed by atoms with Gasteiger partial charge in [0.05, 0.1) is 0 Å². The highest BCUT2D eigenvalue weighted by molar-refractivity contribution is 6.09. The third-order valence-electron chi connectivity index (χ3n) is 7.52. The van der Waals surface area contributed by atoms with Gasteiger partial charge >= 0.3 is 5.97 Å². The fraction of sp³-hybridized carbons (Fsp3) is 0.500. The van der Waals surface area contributed by atoms with E-state index >= 15 is 0 Å². The van der Waals surface area contributed by atoms with Crippen LogP contribution in [0.3, 0.4) is 0 Å². The monoisotopic (exact) mass is 433 g/mol. The van der Waals surface area contributed by atoms with Crippen LogP contribution in [0.15, 0.2) is 54.6 Å². The molecule has 2 aliphatic carbocycles. The van der Waals surface area contributed by atoms with Gasteiger partial charge in [-0.25, -0.2) is 4.79 Å². The molecule has 1 atom stereocenters. The highest BCUT2D eigenvalue weighted by Crippen LogP contribution is 2.42. The molecule has 0 aromatic heterocycles. The van der Waals surface area contributed by atoms with Crippen molar-refractivity contribution in [3.63, 3.8) is 0 Å². The second-order valence-electron chi connectivity index (χ2n) is 9.61. The summed E-state index contributed by atoms with van der Waals surface area (Å²) < 4.78 is 0. The third kappa shape index (κ3) is 5.40. The lowest BCUT2D eigenvalue weighted by molar-refractivity contribution is -0.140. The van der Waals surface area contributed by atoms with Gasteiger partial charge < -0.3 is 10.4 Å². The van der Waals surface area contributed by atoms with Crippen molar-refractivity contribution < 1.29 is 14.7 Å². The van der Waals surface area contributed by atoms with E-state index in [0.717, 1.165) is 31.4 Å². The molecule has 2 fully saturated rings. The first-order valence-electron chi connectivity index (χ1n) is 12.3. The van der Waals surface area contributed by atoms with Gasteiger partial charge in [-0.1, -0.05) is 107 Å². The molecular weight excluding hydrogens is 398 g/mol. The van der Waals surface area contributed by atoms with Crippen molar-refractivity contribution in [2.75, 3.05) is 5.32 Å². The van der Waals surface area contributed by atoms with Crippen LogP contribution in [-0.2, 0) is 4.79 Å². The number of carboxylic acids is 1. The molecule has 170 valence electrons. The fourth-order valence-electron chi connectivity index (χ4n) is 5.98. The van der Waals surface area contributed by atoms with E-state index < -0.39 is 12.0 Å². The molecule has 0 heterocycles. The van der Waals surface area contributed by atoms with E-state index in [-0.39, 0.29) is 11.7 Å². The molecule has 2 aliphatic rings. The summed E-state index contributed by atoms with van der Waals surface area (Å²) in [5.74, 6) is 0.258. The van der Waals surface area contributed by atoms with E-state index in [2.05, 4.69) is 5.32 Å². The molecule has 2 aromatic rings. The number of anilines is 1. The summed E-state index contributed by atoms with van der Waals surface area (Å²) >= 11 is 0. The minimum atomic E-state index is -0.772. The van der Waals surface area contributed by atoms with Crippen molar-refractivity contribution in [1.29, 1.82) is 0 Å². The SMILES string of the molecule is O=C(c1ccccc1)c1cccc(NC(C(=O)O)C(C2CCCCC2)C2CCCCC2)c1. The number of hydrogen-bond donors (Lipinski definition) is 2. The number of rotatable bonds is 8. The summed E-state index contributed by atoms with van der Waals surface area (Å²) in [6, 6.07) is 15.9. The van der Waals surface area contributed by atoms with Crippen molar-refractivity contribution in [2.24, 2.45) is 17.8 Å². The van der Waals surface area contributed by atoms with Crippen molar-refractivity contribution >= 4 is 17.4 Å². The number of nitrogens with one attached hydrogen (secondary N) is 1. The lowest BCUT2D eigenvalue weighted by atomic mass is 9.66. The zero-order valence-electron chi connectivity index (χ0n) is 18.8. The normalized spacial score (nSPS) is 18.9. The van der Waals surface area contributed by atoms with Crippen molar-refractivity contribution in [3.8, 4) is 0 Å². The van der Waals surface area contributed by atoms with Gasteiger partial charge in [0.15, 0.2) is 5.78 Å². The number of aliphatic carboxylic acids is 1. The molecule has 2 saturated carbocycles. The van der Waals surface area contributed by atoms with Crippen molar-refractivity contribution in [3.05, 3.63) is 65.7 Å². The fourth-order valence-corrected chi connectivity index (χ4v) is 5.98. The minimum absolute atomic E-state index is 0.0442. The zero-order valence-corrected chi connectivity index (χ0v) is 18.8. The maximum absolute atomic E-state index is 12.9. The first-order valence-corrected chi connectivity index (χ1v) is 12.3. The second-order valence-corrected chi connectivity index (χ2v) is 9.61. The molecule has 2 N–H and O–H groups in total. The summed E-state index contributed by atoms with van der Waals surface area (Å²) in [4.78, 5) is 25.4. The molecule has 1 unspecified atom stereocenters. The lowest BCUT2D eigenvalue weighted by Crippen LogP contribution is -2.45. The van der Waals surface area contributed by atoms with Crippen molar-refractivity contribution in [2.45, 2.75) is 70.3 Å². The summed E-state index contributed by atoms with van der Waals surface area (Å²) in [5.41, 5.74) is 1.94. The van der Waals surface area contributed by atoms with Gasteiger partial charge in [-0.15, -0.1) is 0 Å². The molecule has 0 aliphatic heterocycles. The molecule has 0 amide bonds. The first kappa shape index (κ1) is 22.6. The molecule has 4 nitrogen and oxygen atoms in total. The van der Waals surface area contributed by atoms with E-state index in [4.69, 9.17) is 0 Å². The summed E-state index contributed by atoms with van der Waals surface area (Å²) in [6.07, 6.45) is 11.9. The highest BCUT2D eigenvalue weighted by Gasteiger charge is 2.40. The Morgan fingerprint density at radius 1 is 0.750 bits per heavy atom. The predicted octanol–water partition coefficient (Wildman–Crippen LogP) is 6.56. The van der Waals surface area contributed by atoms with E-state index in [1.54, 1.807) is 6.07 Å². The Labute approximate surface area is 191 Å². The average molecular weight is 434 g/mol. The van der Waals surface area contributed by atoms with E-state index in [1.165, 1.54) is 38.5 Å². The molecule has 4 rings (SSSR count). The molecule has 32 heavy (non-hydrogen) atoms. The van der Waals surface area contributed by atoms with Gasteiger partial charge in [-0.3, -0.25) is 4.79 Å². The maximum Gasteiger partial charge on any atom is 0.326 e. The number of ketones is 1. The summed E-state index contributed by atoms with van der Waals surface area (Å²) in [5, 5.41) is 13.7. The minimum Gasteiger partial charge on any atom is -0.480 e. The Morgan fingerprint density at radius 2 is 1.31 bits per heavy atom. The maximum atomic E-state index is 12.9. The number of carboxylic acid groups (broad SMARTS) is 1. The van der Waals surface area contributed by atoms with Gasteiger partial charge in [0.25, 0.3) is 0 Å². The quantitative estimate of drug-likeness (QED) is 0.463. The largest absolute Gasteiger partial charge is 0.480 e. The van der Waals surface area contributed by atoms with Crippen LogP contribution in [0.1, 0.15) is 80.1 Å². The van der Waals surface area contributed by atoms with Gasteiger partial charge in [0.1, 0.15) is 6.04 Å². The van der Waals surface area contributed by atoms with Gasteiger partial charge in [-0.05, 0) is 29.9 Å². The number of carbonyl (C=O) groups excluding carboxylic acids is 1. The number of hydrogen-bond acceptors (Lipinski definition) is 3. The molecular formula is C28H35NO3. The Bertz CT molecular complexity index is 880. The Balaban J connectivity index is 1.58. The second kappa shape index (κ2) is 10.8. The summed E-state index contributed by atoms with van der Waals surface area (Å²) in [6.45, 7) is 0. The van der Waals surface area contributed by atoms with Gasteiger partial charge in [-0.2, -0.15) is 0 Å². The smallest absolute Gasteiger partial charge is 0.326 e. The Morgan fingerprint density at radius 3 is 1.88 bits per heavy atom. The van der Waals surface area contributed by atoms with Gasteiger partial charge in [0, 0.05) is 16.8 Å². The first-order chi connectivity index (χ1) is 15.6. The van der Waals surface area contributed by atoms with Crippen LogP contribution in [0.2, 0.25) is 0 Å². The van der Waals surface area contributed by atoms with Crippen LogP contribution in [0.5, 0.6) is 0 Å². The van der Waals surface area contributed by atoms with Crippen LogP contribution >= 0.6 is 0 Å². The van der Waals surface area contributed by atoms with E-state index in [9.17, 15) is 14.7 Å². The molecule has 2 aromatic carbocycles. The molecule has 4 heteroatoms. The van der Waals surface area contributed by atoms with Crippen molar-refractivity contribution in [1.82, 2.24) is 0 Å². The van der Waals surface area contributed by atoms with Crippen LogP contribution in [-0.4, -0.2) is 22.9 Å². The summed E-state index contributed by atoms with van der Waals surface area (Å²) in [7, 11) is 0. The third-order valence-corrected chi connectivity index (χ3v) is 7.52. The van der Waals surface area contributed by atoms with Crippen LogP contribution in [0.25, 0.3) is 0 Å². The molecule has 0 radical (unpaired) electrons. The van der Waals surface area contributed by atoms with Gasteiger partial charge in [0.2, 0.25) is 0 Å². The number of carbonyl (C=O) groups is 2. The molecule has 0 saturated heterocycles. The standard InChI is InChI=1S/C28H35NO3/c30-27(22-15-8-3-9-16-22)23-17-10-18-24(19-23)29-26(28(31)32)25(20-11-4-1-5-12-20)21-13-6-2-7-14-21/h3,8-10,15-21,25-26,29H,1-2,4-7,11-14H2,(H,31,32). The zero-order chi connectivity index (χ0) is 22.3. The number of benzene rings is 2. The predicted molar refractivity (Wildman–Crippen MR) is 128 cm³/mol.